The molecule has 0 aliphatic carbocycles. The Kier molecular flexibility index (Phi) is 4.98. The van der Waals surface area contributed by atoms with Crippen molar-refractivity contribution in [2.45, 2.75) is 0 Å². The molecule has 0 atom stereocenters. The third kappa shape index (κ3) is 3.63. The van der Waals surface area contributed by atoms with Gasteiger partial charge in [0, 0.05) is 38.0 Å². The summed E-state index contributed by atoms with van der Waals surface area (Å²) in [5, 5.41) is 25.3. The van der Waals surface area contributed by atoms with Gasteiger partial charge in [0.25, 0.3) is 17.3 Å². The summed E-state index contributed by atoms with van der Waals surface area (Å²) >= 11 is 0. The SMILES string of the molecule is CN(C)c1c([N+](=O)[O-])cc(C(=O)Nc2ccc3c(c2)OCCO3)cc1[N+](=O)[O-]. The molecule has 0 spiro atoms. The largest absolute Gasteiger partial charge is 0.486 e. The number of hydrogen-bond acceptors (Lipinski definition) is 8. The van der Waals surface area contributed by atoms with E-state index >= 15 is 0 Å². The summed E-state index contributed by atoms with van der Waals surface area (Å²) in [6.45, 7) is 0.791. The van der Waals surface area contributed by atoms with Crippen molar-refractivity contribution in [1.29, 1.82) is 0 Å². The summed E-state index contributed by atoms with van der Waals surface area (Å²) in [7, 11) is 2.90. The maximum Gasteiger partial charge on any atom is 0.300 e. The van der Waals surface area contributed by atoms with Gasteiger partial charge in [0.05, 0.1) is 15.4 Å². The summed E-state index contributed by atoms with van der Waals surface area (Å²) in [5.74, 6) is 0.253. The van der Waals surface area contributed by atoms with Crippen molar-refractivity contribution in [2.24, 2.45) is 0 Å². The zero-order chi connectivity index (χ0) is 20.4. The Morgan fingerprint density at radius 1 is 1.00 bits per heavy atom. The summed E-state index contributed by atoms with van der Waals surface area (Å²) in [6, 6.07) is 6.75. The quantitative estimate of drug-likeness (QED) is 0.609. The molecule has 1 aliphatic rings. The Morgan fingerprint density at radius 3 is 2.11 bits per heavy atom. The van der Waals surface area contributed by atoms with Crippen LogP contribution in [-0.2, 0) is 0 Å². The second-order valence-electron chi connectivity index (χ2n) is 6.08. The molecule has 0 fully saturated rings. The second-order valence-corrected chi connectivity index (χ2v) is 6.08. The third-order valence-corrected chi connectivity index (χ3v) is 3.97. The van der Waals surface area contributed by atoms with Crippen molar-refractivity contribution in [1.82, 2.24) is 0 Å². The normalized spacial score (nSPS) is 12.2. The summed E-state index contributed by atoms with van der Waals surface area (Å²) in [5.41, 5.74) is -1.11. The molecule has 2 aromatic rings. The summed E-state index contributed by atoms with van der Waals surface area (Å²) in [4.78, 5) is 35.1. The van der Waals surface area contributed by atoms with Crippen LogP contribution < -0.4 is 19.7 Å². The van der Waals surface area contributed by atoms with Gasteiger partial charge in [-0.05, 0) is 12.1 Å². The number of ether oxygens (including phenoxy) is 2. The van der Waals surface area contributed by atoms with Crippen molar-refractivity contribution in [2.75, 3.05) is 37.5 Å². The lowest BCUT2D eigenvalue weighted by Crippen LogP contribution is -2.18. The Labute approximate surface area is 158 Å². The molecule has 0 unspecified atom stereocenters. The van der Waals surface area contributed by atoms with E-state index in [1.54, 1.807) is 18.2 Å². The summed E-state index contributed by atoms with van der Waals surface area (Å²) < 4.78 is 10.8. The van der Waals surface area contributed by atoms with E-state index in [0.29, 0.717) is 30.4 Å². The van der Waals surface area contributed by atoms with Gasteiger partial charge < -0.3 is 19.7 Å². The van der Waals surface area contributed by atoms with E-state index < -0.39 is 27.1 Å². The van der Waals surface area contributed by atoms with Crippen molar-refractivity contribution in [3.8, 4) is 11.5 Å². The minimum atomic E-state index is -0.761. The van der Waals surface area contributed by atoms with E-state index in [0.717, 1.165) is 12.1 Å². The van der Waals surface area contributed by atoms with Crippen LogP contribution in [0.2, 0.25) is 0 Å². The molecule has 11 nitrogen and oxygen atoms in total. The van der Waals surface area contributed by atoms with Crippen molar-refractivity contribution in [3.63, 3.8) is 0 Å². The lowest BCUT2D eigenvalue weighted by Gasteiger charge is -2.19. The Bertz CT molecular complexity index is 939. The number of nitro benzene ring substituents is 2. The molecule has 28 heavy (non-hydrogen) atoms. The monoisotopic (exact) mass is 388 g/mol. The average Bonchev–Trinajstić information content (AvgIpc) is 2.66. The number of benzene rings is 2. The zero-order valence-corrected chi connectivity index (χ0v) is 15.0. The molecule has 11 heteroatoms. The number of nitro groups is 2. The Balaban J connectivity index is 1.97. The molecule has 0 bridgehead atoms. The number of rotatable bonds is 5. The van der Waals surface area contributed by atoms with Crippen molar-refractivity contribution >= 4 is 28.7 Å². The highest BCUT2D eigenvalue weighted by Gasteiger charge is 2.30. The molecule has 1 N–H and O–H groups in total. The van der Waals surface area contributed by atoms with Gasteiger partial charge in [-0.25, -0.2) is 0 Å². The van der Waals surface area contributed by atoms with Crippen LogP contribution in [0.4, 0.5) is 22.7 Å². The van der Waals surface area contributed by atoms with Crippen molar-refractivity contribution in [3.05, 3.63) is 56.1 Å². The molecule has 3 rings (SSSR count). The minimum Gasteiger partial charge on any atom is -0.486 e. The fraction of sp³-hybridized carbons (Fsp3) is 0.235. The third-order valence-electron chi connectivity index (χ3n) is 3.97. The van der Waals surface area contributed by atoms with Gasteiger partial charge >= 0.3 is 0 Å². The van der Waals surface area contributed by atoms with Crippen LogP contribution in [0.15, 0.2) is 30.3 Å². The standard InChI is InChI=1S/C17H16N4O7/c1-19(2)16-12(20(23)24)7-10(8-13(16)21(25)26)17(22)18-11-3-4-14-15(9-11)28-6-5-27-14/h3-4,7-9H,5-6H2,1-2H3,(H,18,22). The average molecular weight is 388 g/mol. The lowest BCUT2D eigenvalue weighted by atomic mass is 10.1. The fourth-order valence-corrected chi connectivity index (χ4v) is 2.80. The molecule has 1 heterocycles. The maximum absolute atomic E-state index is 12.6. The Morgan fingerprint density at radius 2 is 1.57 bits per heavy atom. The van der Waals surface area contributed by atoms with E-state index in [4.69, 9.17) is 9.47 Å². The number of fused-ring (bicyclic) bond motifs is 1. The van der Waals surface area contributed by atoms with Crippen LogP contribution in [0.25, 0.3) is 0 Å². The number of carbonyl (C=O) groups is 1. The molecule has 146 valence electrons. The number of hydrogen-bond donors (Lipinski definition) is 1. The van der Waals surface area contributed by atoms with E-state index in [9.17, 15) is 25.0 Å². The van der Waals surface area contributed by atoms with Crippen LogP contribution in [-0.4, -0.2) is 43.1 Å². The first-order valence-corrected chi connectivity index (χ1v) is 8.13. The van der Waals surface area contributed by atoms with Gasteiger partial charge in [0.15, 0.2) is 17.2 Å². The first-order valence-electron chi connectivity index (χ1n) is 8.13. The first kappa shape index (κ1) is 18.9. The number of amides is 1. The van der Waals surface area contributed by atoms with Crippen LogP contribution in [0.5, 0.6) is 11.5 Å². The van der Waals surface area contributed by atoms with Gasteiger partial charge in [-0.15, -0.1) is 0 Å². The Hall–Kier alpha value is -3.89. The van der Waals surface area contributed by atoms with Crippen molar-refractivity contribution < 1.29 is 24.1 Å². The summed E-state index contributed by atoms with van der Waals surface area (Å²) in [6.07, 6.45) is 0. The van der Waals surface area contributed by atoms with E-state index in [1.807, 2.05) is 0 Å². The highest BCUT2D eigenvalue weighted by Crippen LogP contribution is 2.38. The second kappa shape index (κ2) is 7.39. The predicted octanol–water partition coefficient (Wildman–Crippen LogP) is 2.59. The highest BCUT2D eigenvalue weighted by molar-refractivity contribution is 6.06. The molecule has 1 aliphatic heterocycles. The van der Waals surface area contributed by atoms with Crippen LogP contribution in [0, 0.1) is 20.2 Å². The topological polar surface area (TPSA) is 137 Å². The number of nitrogens with zero attached hydrogens (tertiary/aromatic N) is 3. The molecule has 0 aromatic heterocycles. The number of carbonyl (C=O) groups excluding carboxylic acids is 1. The number of nitrogens with one attached hydrogen (secondary N) is 1. The lowest BCUT2D eigenvalue weighted by molar-refractivity contribution is -0.392. The minimum absolute atomic E-state index is 0.189. The van der Waals surface area contributed by atoms with Gasteiger partial charge in [0.1, 0.15) is 13.2 Å². The van der Waals surface area contributed by atoms with Gasteiger partial charge in [0.2, 0.25) is 0 Å². The van der Waals surface area contributed by atoms with Gasteiger partial charge in [-0.1, -0.05) is 0 Å². The van der Waals surface area contributed by atoms with Crippen LogP contribution >= 0.6 is 0 Å². The number of anilines is 2. The smallest absolute Gasteiger partial charge is 0.300 e. The van der Waals surface area contributed by atoms with Crippen LogP contribution in [0.1, 0.15) is 10.4 Å². The van der Waals surface area contributed by atoms with Gasteiger partial charge in [-0.2, -0.15) is 0 Å². The zero-order valence-electron chi connectivity index (χ0n) is 15.0. The molecular formula is C17H16N4O7. The first-order chi connectivity index (χ1) is 13.3. The molecule has 0 radical (unpaired) electrons. The molecule has 0 saturated heterocycles. The highest BCUT2D eigenvalue weighted by atomic mass is 16.6. The molecule has 1 amide bonds. The molecular weight excluding hydrogens is 372 g/mol. The fourth-order valence-electron chi connectivity index (χ4n) is 2.80. The predicted molar refractivity (Wildman–Crippen MR) is 99.5 cm³/mol. The van der Waals surface area contributed by atoms with Gasteiger partial charge in [-0.3, -0.25) is 25.0 Å². The molecule has 0 saturated carbocycles. The van der Waals surface area contributed by atoms with Crippen LogP contribution in [0.3, 0.4) is 0 Å². The maximum atomic E-state index is 12.6. The van der Waals surface area contributed by atoms with E-state index in [1.165, 1.54) is 19.0 Å². The van der Waals surface area contributed by atoms with E-state index in [-0.39, 0.29) is 11.3 Å². The van der Waals surface area contributed by atoms with E-state index in [2.05, 4.69) is 5.32 Å². The molecule has 2 aromatic carbocycles.